The first-order chi connectivity index (χ1) is 27.8. The van der Waals surface area contributed by atoms with Gasteiger partial charge in [-0.25, -0.2) is 4.79 Å². The molecule has 7 heterocycles. The van der Waals surface area contributed by atoms with Gasteiger partial charge in [0.15, 0.2) is 23.0 Å². The number of hydrogen-bond donors (Lipinski definition) is 5. The van der Waals surface area contributed by atoms with E-state index in [2.05, 4.69) is 15.2 Å². The Morgan fingerprint density at radius 3 is 2.55 bits per heavy atom. The molecule has 0 aliphatic carbocycles. The fraction of sp³-hybridized carbons (Fsp3) is 0.476. The molecule has 1 saturated heterocycles. The minimum Gasteiger partial charge on any atom is -0.504 e. The number of esters is 2. The molecule has 0 radical (unpaired) electrons. The standard InChI is InChI=1S/C42H48N4O11S/c1-18-10-21-13-42(51)16-45(4)33(28(21)35(49)36(18)53-6)34-40(58-7)30-29(39-38(55-17-56-39)19(2)37(30)57-20(3)48)27(46(34)42)15-54-41(50)32-31-25(11-22(14-47)43-32)24-12-23(52-5)8-9-26(24)44-31/h8-10,12,22,27,32-34,40,43-44,47,49,51H,11,13-17H2,1-7H3/t22-,27-,32+,33?,34+,40+,42?/m0/s1. The normalized spacial score (nSPS) is 27.0. The van der Waals surface area contributed by atoms with Crippen LogP contribution in [-0.2, 0) is 27.2 Å². The second-order valence-electron chi connectivity index (χ2n) is 15.9. The van der Waals surface area contributed by atoms with Crippen LogP contribution in [0, 0.1) is 13.8 Å². The highest BCUT2D eigenvalue weighted by molar-refractivity contribution is 7.98. The molecule has 10 rings (SSSR count). The van der Waals surface area contributed by atoms with E-state index in [1.807, 2.05) is 56.3 Å². The lowest BCUT2D eigenvalue weighted by atomic mass is 9.78. The van der Waals surface area contributed by atoms with E-state index in [4.69, 9.17) is 28.4 Å². The number of piperazine rings is 1. The van der Waals surface area contributed by atoms with Gasteiger partial charge in [0.25, 0.3) is 0 Å². The Morgan fingerprint density at radius 2 is 1.84 bits per heavy atom. The van der Waals surface area contributed by atoms with Crippen LogP contribution in [0.4, 0.5) is 0 Å². The largest absolute Gasteiger partial charge is 0.504 e. The molecule has 6 aliphatic rings. The summed E-state index contributed by atoms with van der Waals surface area (Å²) < 4.78 is 35.9. The van der Waals surface area contributed by atoms with Crippen LogP contribution >= 0.6 is 11.8 Å². The number of carbonyl (C=O) groups excluding carboxylic acids is 2. The number of aryl methyl sites for hydroxylation is 1. The van der Waals surface area contributed by atoms with Gasteiger partial charge >= 0.3 is 11.9 Å². The molecular weight excluding hydrogens is 769 g/mol. The van der Waals surface area contributed by atoms with Gasteiger partial charge < -0.3 is 48.7 Å². The lowest BCUT2D eigenvalue weighted by Gasteiger charge is -2.60. The van der Waals surface area contributed by atoms with Crippen molar-refractivity contribution in [2.45, 2.75) is 74.8 Å². The Morgan fingerprint density at radius 1 is 1.07 bits per heavy atom. The van der Waals surface area contributed by atoms with Crippen molar-refractivity contribution in [2.75, 3.05) is 54.1 Å². The summed E-state index contributed by atoms with van der Waals surface area (Å²) >= 11 is 1.53. The molecule has 58 heavy (non-hydrogen) atoms. The van der Waals surface area contributed by atoms with E-state index in [1.165, 1.54) is 25.8 Å². The molecule has 7 atom stereocenters. The smallest absolute Gasteiger partial charge is 0.329 e. The zero-order chi connectivity index (χ0) is 40.9. The summed E-state index contributed by atoms with van der Waals surface area (Å²) in [6.07, 6.45) is 2.58. The number of likely N-dealkylation sites (N-methyl/N-ethyl adjacent to an activating group) is 1. The first kappa shape index (κ1) is 38.8. The maximum absolute atomic E-state index is 14.6. The summed E-state index contributed by atoms with van der Waals surface area (Å²) in [6, 6.07) is 4.33. The third-order valence-corrected chi connectivity index (χ3v) is 13.6. The average Bonchev–Trinajstić information content (AvgIpc) is 3.78. The molecule has 0 spiro atoms. The van der Waals surface area contributed by atoms with Gasteiger partial charge in [0.2, 0.25) is 6.79 Å². The number of ether oxygens (including phenoxy) is 6. The summed E-state index contributed by atoms with van der Waals surface area (Å²) in [5.41, 5.74) is 4.77. The zero-order valence-corrected chi connectivity index (χ0v) is 34.2. The number of hydrogen-bond acceptors (Lipinski definition) is 15. The van der Waals surface area contributed by atoms with Crippen LogP contribution in [-0.4, -0.2) is 114 Å². The number of carbonyl (C=O) groups is 2. The van der Waals surface area contributed by atoms with Crippen molar-refractivity contribution < 1.29 is 53.3 Å². The first-order valence-electron chi connectivity index (χ1n) is 19.3. The number of nitrogens with zero attached hydrogens (tertiary/aromatic N) is 2. The number of fused-ring (bicyclic) bond motifs is 7. The van der Waals surface area contributed by atoms with E-state index in [1.54, 1.807) is 7.11 Å². The quantitative estimate of drug-likeness (QED) is 0.127. The van der Waals surface area contributed by atoms with Crippen LogP contribution in [0.25, 0.3) is 10.9 Å². The number of rotatable bonds is 8. The number of aromatic hydroxyl groups is 1. The lowest BCUT2D eigenvalue weighted by molar-refractivity contribution is -0.214. The molecule has 15 nitrogen and oxygen atoms in total. The Hall–Kier alpha value is -4.71. The predicted octanol–water partition coefficient (Wildman–Crippen LogP) is 4.01. The first-order valence-corrected chi connectivity index (χ1v) is 20.6. The van der Waals surface area contributed by atoms with Crippen molar-refractivity contribution in [3.8, 4) is 34.5 Å². The monoisotopic (exact) mass is 816 g/mol. The number of aliphatic hydroxyl groups excluding tert-OH is 1. The number of H-pyrrole nitrogens is 1. The van der Waals surface area contributed by atoms with Gasteiger partial charge in [-0.1, -0.05) is 6.07 Å². The molecule has 0 saturated carbocycles. The summed E-state index contributed by atoms with van der Waals surface area (Å²) in [5, 5.41) is 39.2. The average molecular weight is 817 g/mol. The minimum absolute atomic E-state index is 0.00437. The van der Waals surface area contributed by atoms with Gasteiger partial charge in [-0.2, -0.15) is 11.8 Å². The van der Waals surface area contributed by atoms with E-state index < -0.39 is 53.1 Å². The minimum atomic E-state index is -1.55. The van der Waals surface area contributed by atoms with Crippen LogP contribution in [0.3, 0.4) is 0 Å². The van der Waals surface area contributed by atoms with Gasteiger partial charge in [0.05, 0.1) is 38.2 Å². The second kappa shape index (κ2) is 14.2. The fourth-order valence-corrected chi connectivity index (χ4v) is 11.5. The number of nitrogens with one attached hydrogen (secondary N) is 2. The van der Waals surface area contributed by atoms with Crippen LogP contribution < -0.4 is 29.0 Å². The highest BCUT2D eigenvalue weighted by atomic mass is 32.2. The fourth-order valence-electron chi connectivity index (χ4n) is 10.5. The number of aromatic nitrogens is 1. The maximum atomic E-state index is 14.6. The Kier molecular flexibility index (Phi) is 9.52. The van der Waals surface area contributed by atoms with Crippen LogP contribution in [0.15, 0.2) is 24.3 Å². The summed E-state index contributed by atoms with van der Waals surface area (Å²) in [4.78, 5) is 34.9. The van der Waals surface area contributed by atoms with Crippen LogP contribution in [0.2, 0.25) is 0 Å². The van der Waals surface area contributed by atoms with E-state index in [9.17, 15) is 24.9 Å². The number of thioether (sulfide) groups is 1. The van der Waals surface area contributed by atoms with E-state index in [0.717, 1.165) is 27.6 Å². The SMILES string of the molecule is COc1ccc2[nH]c3c(c2c1)C[C@@H](CO)N[C@H]3C(=O)OC[C@H]1c2c3c(c(C)c(OC(C)=O)c2[C@@H](SC)[C@H]2C4c5c(cc(C)c(OC)c5O)CC(O)(CN4C)N21)OCO3. The number of aromatic amines is 1. The van der Waals surface area contributed by atoms with E-state index >= 15 is 0 Å². The van der Waals surface area contributed by atoms with Crippen molar-refractivity contribution in [1.29, 1.82) is 0 Å². The van der Waals surface area contributed by atoms with Gasteiger partial charge in [-0.3, -0.25) is 19.9 Å². The number of phenols is 1. The van der Waals surface area contributed by atoms with Crippen molar-refractivity contribution in [3.63, 3.8) is 0 Å². The van der Waals surface area contributed by atoms with Crippen molar-refractivity contribution in [2.24, 2.45) is 0 Å². The topological polar surface area (TPSA) is 185 Å². The number of aliphatic hydroxyl groups is 2. The number of methoxy groups -OCH3 is 2. The molecule has 2 unspecified atom stereocenters. The molecule has 3 aromatic carbocycles. The summed E-state index contributed by atoms with van der Waals surface area (Å²) in [5.74, 6) is 1.08. The number of benzene rings is 3. The predicted molar refractivity (Wildman–Crippen MR) is 213 cm³/mol. The van der Waals surface area contributed by atoms with Gasteiger partial charge in [-0.05, 0) is 68.5 Å². The highest BCUT2D eigenvalue weighted by Gasteiger charge is 2.62. The summed E-state index contributed by atoms with van der Waals surface area (Å²) in [6.45, 7) is 4.69. The molecule has 6 aliphatic heterocycles. The Labute approximate surface area is 339 Å². The number of phenolic OH excluding ortho intramolecular Hbond substituents is 1. The molecule has 16 heteroatoms. The van der Waals surface area contributed by atoms with Crippen LogP contribution in [0.5, 0.6) is 34.5 Å². The van der Waals surface area contributed by atoms with Gasteiger partial charge in [-0.15, -0.1) is 0 Å². The molecule has 1 fully saturated rings. The lowest BCUT2D eigenvalue weighted by Crippen LogP contribution is -2.69. The van der Waals surface area contributed by atoms with Crippen molar-refractivity contribution in [3.05, 3.63) is 68.9 Å². The molecule has 5 N–H and O–H groups in total. The van der Waals surface area contributed by atoms with E-state index in [0.29, 0.717) is 63.1 Å². The Balaban J connectivity index is 1.21. The van der Waals surface area contributed by atoms with Crippen molar-refractivity contribution >= 4 is 34.6 Å². The summed E-state index contributed by atoms with van der Waals surface area (Å²) in [7, 11) is 5.04. The molecule has 1 aromatic heterocycles. The molecule has 308 valence electrons. The molecule has 4 aromatic rings. The molecule has 0 amide bonds. The second-order valence-corrected chi connectivity index (χ2v) is 16.9. The molecular formula is C42H48N4O11S. The van der Waals surface area contributed by atoms with Crippen LogP contribution in [0.1, 0.15) is 74.9 Å². The zero-order valence-electron chi connectivity index (χ0n) is 33.4. The third kappa shape index (κ3) is 5.67. The highest BCUT2D eigenvalue weighted by Crippen LogP contribution is 2.64. The maximum Gasteiger partial charge on any atom is 0.329 e. The Bertz CT molecular complexity index is 2370. The third-order valence-electron chi connectivity index (χ3n) is 12.6. The van der Waals surface area contributed by atoms with Gasteiger partial charge in [0.1, 0.15) is 29.9 Å². The van der Waals surface area contributed by atoms with E-state index in [-0.39, 0.29) is 38.7 Å². The van der Waals surface area contributed by atoms with Gasteiger partial charge in [0, 0.05) is 70.8 Å². The molecule has 2 bridgehead atoms. The van der Waals surface area contributed by atoms with Crippen molar-refractivity contribution in [1.82, 2.24) is 20.1 Å².